The van der Waals surface area contributed by atoms with Crippen molar-refractivity contribution >= 4 is 34.5 Å². The number of anilines is 6. The van der Waals surface area contributed by atoms with Crippen LogP contribution in [0.3, 0.4) is 0 Å². The Hall–Kier alpha value is -4.25. The summed E-state index contributed by atoms with van der Waals surface area (Å²) in [5, 5.41) is 10.2. The summed E-state index contributed by atoms with van der Waals surface area (Å²) in [6, 6.07) is 9.14. The molecular formula is C25H29F2N9. The van der Waals surface area contributed by atoms with Gasteiger partial charge in [0, 0.05) is 50.8 Å². The highest BCUT2D eigenvalue weighted by molar-refractivity contribution is 5.80. The molecule has 0 amide bonds. The molecule has 9 nitrogen and oxygen atoms in total. The van der Waals surface area contributed by atoms with Crippen LogP contribution in [-0.4, -0.2) is 58.9 Å². The van der Waals surface area contributed by atoms with E-state index in [1.807, 2.05) is 30.9 Å². The molecule has 2 heterocycles. The fourth-order valence-electron chi connectivity index (χ4n) is 3.58. The number of hydrogen-bond donors (Lipinski definition) is 3. The normalized spacial score (nSPS) is 11.1. The molecule has 4 aromatic rings. The van der Waals surface area contributed by atoms with Crippen LogP contribution in [0.25, 0.3) is 11.1 Å². The lowest BCUT2D eigenvalue weighted by Crippen LogP contribution is -2.28. The zero-order valence-corrected chi connectivity index (χ0v) is 20.6. The Morgan fingerprint density at radius 1 is 0.972 bits per heavy atom. The lowest BCUT2D eigenvalue weighted by atomic mass is 10.1. The number of benzene rings is 2. The zero-order valence-electron chi connectivity index (χ0n) is 20.6. The van der Waals surface area contributed by atoms with E-state index in [9.17, 15) is 4.39 Å². The number of halogens is 2. The molecule has 0 saturated heterocycles. The number of nitrogen functional groups attached to an aromatic ring is 1. The van der Waals surface area contributed by atoms with Crippen LogP contribution in [-0.2, 0) is 7.05 Å². The number of nitrogens with two attached hydrogens (primary N) is 1. The van der Waals surface area contributed by atoms with Crippen LogP contribution in [0, 0.1) is 11.6 Å². The van der Waals surface area contributed by atoms with Crippen LogP contribution in [0.5, 0.6) is 0 Å². The Balaban J connectivity index is 1.70. The minimum atomic E-state index is -0.500. The van der Waals surface area contributed by atoms with Crippen molar-refractivity contribution in [2.24, 2.45) is 7.05 Å². The standard InChI is InChI=1S/C25H29F2N9/c1-34(2)9-10-35(3)23-8-5-16(11-21(23)27)19-14-29-25(31-18-13-30-36(4)15-18)33-24(19)32-22-12-17(28)6-7-20(22)26/h5-8,11-15H,9-10,28H2,1-4H3,(H2,29,31,32,33). The molecule has 0 aliphatic rings. The van der Waals surface area contributed by atoms with Crippen molar-refractivity contribution in [1.29, 1.82) is 0 Å². The van der Waals surface area contributed by atoms with Crippen LogP contribution in [0.1, 0.15) is 0 Å². The van der Waals surface area contributed by atoms with Crippen LogP contribution >= 0.6 is 0 Å². The van der Waals surface area contributed by atoms with E-state index in [1.165, 1.54) is 24.3 Å². The molecule has 2 aromatic carbocycles. The number of nitrogens with zero attached hydrogens (tertiary/aromatic N) is 6. The number of aromatic nitrogens is 4. The van der Waals surface area contributed by atoms with Crippen molar-refractivity contribution < 1.29 is 8.78 Å². The Morgan fingerprint density at radius 3 is 2.47 bits per heavy atom. The second-order valence-corrected chi connectivity index (χ2v) is 8.74. The molecule has 11 heteroatoms. The molecule has 0 aliphatic carbocycles. The number of aryl methyl sites for hydroxylation is 1. The predicted octanol–water partition coefficient (Wildman–Crippen LogP) is 4.22. The average molecular weight is 494 g/mol. The van der Waals surface area contributed by atoms with Crippen LogP contribution in [0.4, 0.5) is 43.3 Å². The Bertz CT molecular complexity index is 1350. The largest absolute Gasteiger partial charge is 0.399 e. The molecule has 2 aromatic heterocycles. The first-order valence-electron chi connectivity index (χ1n) is 11.3. The van der Waals surface area contributed by atoms with Gasteiger partial charge in [-0.05, 0) is 50.0 Å². The van der Waals surface area contributed by atoms with Gasteiger partial charge in [-0.3, -0.25) is 4.68 Å². The van der Waals surface area contributed by atoms with Gasteiger partial charge in [-0.15, -0.1) is 0 Å². The van der Waals surface area contributed by atoms with Gasteiger partial charge >= 0.3 is 0 Å². The third-order valence-corrected chi connectivity index (χ3v) is 5.55. The summed E-state index contributed by atoms with van der Waals surface area (Å²) in [5.41, 5.74) is 8.58. The summed E-state index contributed by atoms with van der Waals surface area (Å²) in [5.74, 6) is -0.333. The molecular weight excluding hydrogens is 464 g/mol. The van der Waals surface area contributed by atoms with E-state index in [1.54, 1.807) is 42.5 Å². The monoisotopic (exact) mass is 493 g/mol. The fourth-order valence-corrected chi connectivity index (χ4v) is 3.58. The molecule has 0 aliphatic heterocycles. The molecule has 4 rings (SSSR count). The van der Waals surface area contributed by atoms with Gasteiger partial charge in [-0.2, -0.15) is 10.1 Å². The minimum Gasteiger partial charge on any atom is -0.399 e. The predicted molar refractivity (Wildman–Crippen MR) is 140 cm³/mol. The molecule has 0 unspecified atom stereocenters. The van der Waals surface area contributed by atoms with Gasteiger partial charge in [-0.1, -0.05) is 6.07 Å². The van der Waals surface area contributed by atoms with Gasteiger partial charge in [0.05, 0.1) is 23.3 Å². The van der Waals surface area contributed by atoms with E-state index in [0.717, 1.165) is 6.54 Å². The average Bonchev–Trinajstić information content (AvgIpc) is 3.24. The topological polar surface area (TPSA) is 100 Å². The molecule has 0 saturated carbocycles. The molecule has 188 valence electrons. The van der Waals surface area contributed by atoms with Crippen molar-refractivity contribution in [3.05, 3.63) is 66.6 Å². The first-order chi connectivity index (χ1) is 17.2. The second kappa shape index (κ2) is 10.6. The van der Waals surface area contributed by atoms with E-state index >= 15 is 4.39 Å². The van der Waals surface area contributed by atoms with Crippen molar-refractivity contribution in [2.75, 3.05) is 55.5 Å². The van der Waals surface area contributed by atoms with Gasteiger partial charge in [0.1, 0.15) is 17.5 Å². The highest BCUT2D eigenvalue weighted by atomic mass is 19.1. The lowest BCUT2D eigenvalue weighted by molar-refractivity contribution is 0.416. The summed E-state index contributed by atoms with van der Waals surface area (Å²) in [7, 11) is 7.58. The van der Waals surface area contributed by atoms with Crippen molar-refractivity contribution in [1.82, 2.24) is 24.6 Å². The summed E-state index contributed by atoms with van der Waals surface area (Å²) in [4.78, 5) is 12.8. The summed E-state index contributed by atoms with van der Waals surface area (Å²) >= 11 is 0. The molecule has 36 heavy (non-hydrogen) atoms. The summed E-state index contributed by atoms with van der Waals surface area (Å²) in [6.07, 6.45) is 4.95. The van der Waals surface area contributed by atoms with Crippen LogP contribution < -0.4 is 21.3 Å². The third-order valence-electron chi connectivity index (χ3n) is 5.55. The van der Waals surface area contributed by atoms with Gasteiger partial charge in [0.15, 0.2) is 0 Å². The number of likely N-dealkylation sites (N-methyl/N-ethyl adjacent to an activating group) is 2. The van der Waals surface area contributed by atoms with Gasteiger partial charge in [0.25, 0.3) is 0 Å². The Kier molecular flexibility index (Phi) is 7.30. The van der Waals surface area contributed by atoms with Crippen LogP contribution in [0.15, 0.2) is 55.0 Å². The second-order valence-electron chi connectivity index (χ2n) is 8.74. The number of rotatable bonds is 9. The van der Waals surface area contributed by atoms with E-state index < -0.39 is 5.82 Å². The van der Waals surface area contributed by atoms with Crippen molar-refractivity contribution in [3.63, 3.8) is 0 Å². The van der Waals surface area contributed by atoms with E-state index in [-0.39, 0.29) is 23.3 Å². The first-order valence-corrected chi connectivity index (χ1v) is 11.3. The fraction of sp³-hybridized carbons (Fsp3) is 0.240. The molecule has 0 radical (unpaired) electrons. The Morgan fingerprint density at radius 2 is 1.78 bits per heavy atom. The van der Waals surface area contributed by atoms with Crippen molar-refractivity contribution in [2.45, 2.75) is 0 Å². The van der Waals surface area contributed by atoms with E-state index in [2.05, 4.69) is 25.7 Å². The molecule has 0 fully saturated rings. The smallest absolute Gasteiger partial charge is 0.229 e. The maximum atomic E-state index is 15.1. The Labute approximate surface area is 208 Å². The maximum Gasteiger partial charge on any atom is 0.229 e. The SMILES string of the molecule is CN(C)CCN(C)c1ccc(-c2cnc(Nc3cnn(C)c3)nc2Nc2cc(N)ccc2F)cc1F. The van der Waals surface area contributed by atoms with Gasteiger partial charge in [-0.25, -0.2) is 13.8 Å². The molecule has 0 bridgehead atoms. The summed E-state index contributed by atoms with van der Waals surface area (Å²) in [6.45, 7) is 1.46. The van der Waals surface area contributed by atoms with E-state index in [4.69, 9.17) is 5.73 Å². The zero-order chi connectivity index (χ0) is 25.8. The van der Waals surface area contributed by atoms with Crippen molar-refractivity contribution in [3.8, 4) is 11.1 Å². The molecule has 0 atom stereocenters. The van der Waals surface area contributed by atoms with Crippen LogP contribution in [0.2, 0.25) is 0 Å². The highest BCUT2D eigenvalue weighted by Gasteiger charge is 2.16. The lowest BCUT2D eigenvalue weighted by Gasteiger charge is -2.22. The first kappa shape index (κ1) is 24.9. The maximum absolute atomic E-state index is 15.1. The highest BCUT2D eigenvalue weighted by Crippen LogP contribution is 2.33. The summed E-state index contributed by atoms with van der Waals surface area (Å²) < 4.78 is 31.3. The van der Waals surface area contributed by atoms with E-state index in [0.29, 0.717) is 34.7 Å². The third kappa shape index (κ3) is 5.87. The molecule has 4 N–H and O–H groups in total. The minimum absolute atomic E-state index is 0.141. The molecule has 0 spiro atoms. The number of nitrogens with one attached hydrogen (secondary N) is 2. The van der Waals surface area contributed by atoms with Gasteiger partial charge in [0.2, 0.25) is 5.95 Å². The quantitative estimate of drug-likeness (QED) is 0.298. The number of hydrogen-bond acceptors (Lipinski definition) is 8. The van der Waals surface area contributed by atoms with Gasteiger partial charge < -0.3 is 26.2 Å².